The molecule has 2 aromatic rings. The van der Waals surface area contributed by atoms with Crippen LogP contribution in [-0.2, 0) is 10.0 Å². The summed E-state index contributed by atoms with van der Waals surface area (Å²) in [6.07, 6.45) is 0. The van der Waals surface area contributed by atoms with Gasteiger partial charge in [-0.25, -0.2) is 8.42 Å². The second-order valence-corrected chi connectivity index (χ2v) is 6.90. The summed E-state index contributed by atoms with van der Waals surface area (Å²) >= 11 is 9.05. The zero-order valence-corrected chi connectivity index (χ0v) is 13.1. The van der Waals surface area contributed by atoms with Crippen LogP contribution in [0.5, 0.6) is 5.75 Å². The number of sulfonamides is 1. The lowest BCUT2D eigenvalue weighted by Gasteiger charge is -2.10. The summed E-state index contributed by atoms with van der Waals surface area (Å²) in [7, 11) is -3.79. The number of hydrogen-bond acceptors (Lipinski definition) is 4. The molecule has 106 valence electrons. The minimum atomic E-state index is -3.79. The molecule has 0 aromatic heterocycles. The summed E-state index contributed by atoms with van der Waals surface area (Å²) in [4.78, 5) is -0.0427. The summed E-state index contributed by atoms with van der Waals surface area (Å²) in [5.41, 5.74) is 5.83. The first-order valence-corrected chi connectivity index (χ1v) is 8.01. The molecular weight excluding hydrogens is 368 g/mol. The Morgan fingerprint density at radius 1 is 1.20 bits per heavy atom. The van der Waals surface area contributed by atoms with Crippen molar-refractivity contribution in [1.82, 2.24) is 0 Å². The van der Waals surface area contributed by atoms with Crippen LogP contribution in [0, 0.1) is 0 Å². The third kappa shape index (κ3) is 3.17. The van der Waals surface area contributed by atoms with Crippen LogP contribution in [0.1, 0.15) is 0 Å². The van der Waals surface area contributed by atoms with Crippen molar-refractivity contribution in [3.63, 3.8) is 0 Å². The average molecular weight is 378 g/mol. The summed E-state index contributed by atoms with van der Waals surface area (Å²) in [5, 5.41) is 9.78. The first-order valence-electron chi connectivity index (χ1n) is 5.36. The van der Waals surface area contributed by atoms with E-state index in [9.17, 15) is 13.5 Å². The summed E-state index contributed by atoms with van der Waals surface area (Å²) < 4.78 is 27.3. The van der Waals surface area contributed by atoms with Gasteiger partial charge in [-0.15, -0.1) is 0 Å². The molecule has 20 heavy (non-hydrogen) atoms. The van der Waals surface area contributed by atoms with Crippen LogP contribution in [0.25, 0.3) is 0 Å². The predicted octanol–water partition coefficient (Wildman–Crippen LogP) is 3.19. The van der Waals surface area contributed by atoms with Crippen molar-refractivity contribution in [2.75, 3.05) is 10.5 Å². The van der Waals surface area contributed by atoms with E-state index < -0.39 is 10.0 Å². The molecule has 0 saturated carbocycles. The molecule has 0 aliphatic rings. The maximum absolute atomic E-state index is 12.2. The van der Waals surface area contributed by atoms with Crippen molar-refractivity contribution >= 4 is 48.9 Å². The van der Waals surface area contributed by atoms with E-state index in [1.54, 1.807) is 12.1 Å². The van der Waals surface area contributed by atoms with Crippen LogP contribution in [0.4, 0.5) is 11.4 Å². The molecule has 0 spiro atoms. The molecule has 0 bridgehead atoms. The van der Waals surface area contributed by atoms with Crippen molar-refractivity contribution in [3.05, 3.63) is 45.9 Å². The highest BCUT2D eigenvalue weighted by Gasteiger charge is 2.16. The van der Waals surface area contributed by atoms with Crippen molar-refractivity contribution in [2.45, 2.75) is 4.90 Å². The van der Waals surface area contributed by atoms with Gasteiger partial charge >= 0.3 is 0 Å². The fourth-order valence-corrected chi connectivity index (χ4v) is 3.05. The van der Waals surface area contributed by atoms with E-state index in [0.717, 1.165) is 0 Å². The molecule has 2 aromatic carbocycles. The molecule has 0 heterocycles. The number of phenols is 1. The number of benzene rings is 2. The zero-order valence-electron chi connectivity index (χ0n) is 9.97. The van der Waals surface area contributed by atoms with Crippen molar-refractivity contribution in [1.29, 1.82) is 0 Å². The topological polar surface area (TPSA) is 92.4 Å². The molecule has 0 saturated heterocycles. The SMILES string of the molecule is Nc1cc(S(=O)(=O)Nc2ccc(Cl)c(Br)c2)ccc1O. The first kappa shape index (κ1) is 15.0. The number of rotatable bonds is 3. The van der Waals surface area contributed by atoms with E-state index in [-0.39, 0.29) is 16.3 Å². The second kappa shape index (κ2) is 5.51. The molecule has 0 aliphatic heterocycles. The Bertz CT molecular complexity index is 765. The minimum Gasteiger partial charge on any atom is -0.506 e. The molecule has 0 amide bonds. The molecule has 8 heteroatoms. The van der Waals surface area contributed by atoms with Gasteiger partial charge in [0.05, 0.1) is 21.3 Å². The Labute approximate surface area is 129 Å². The van der Waals surface area contributed by atoms with Gasteiger partial charge in [0, 0.05) is 4.47 Å². The molecule has 5 nitrogen and oxygen atoms in total. The standard InChI is InChI=1S/C12H10BrClN2O3S/c13-9-5-7(1-3-10(9)14)16-20(18,19)8-2-4-12(17)11(15)6-8/h1-6,16-17H,15H2. The highest BCUT2D eigenvalue weighted by Crippen LogP contribution is 2.28. The van der Waals surface area contributed by atoms with Gasteiger partial charge in [0.25, 0.3) is 10.0 Å². The van der Waals surface area contributed by atoms with E-state index in [1.165, 1.54) is 24.3 Å². The van der Waals surface area contributed by atoms with Crippen LogP contribution in [-0.4, -0.2) is 13.5 Å². The van der Waals surface area contributed by atoms with Crippen LogP contribution in [0.15, 0.2) is 45.8 Å². The quantitative estimate of drug-likeness (QED) is 0.566. The lowest BCUT2D eigenvalue weighted by Crippen LogP contribution is -2.13. The zero-order chi connectivity index (χ0) is 14.9. The number of halogens is 2. The van der Waals surface area contributed by atoms with E-state index in [0.29, 0.717) is 15.2 Å². The fraction of sp³-hybridized carbons (Fsp3) is 0. The maximum Gasteiger partial charge on any atom is 0.261 e. The van der Waals surface area contributed by atoms with Crippen LogP contribution in [0.3, 0.4) is 0 Å². The van der Waals surface area contributed by atoms with Gasteiger partial charge in [0.15, 0.2) is 0 Å². The number of nitrogen functional groups attached to an aromatic ring is 1. The average Bonchev–Trinajstić information content (AvgIpc) is 2.37. The largest absolute Gasteiger partial charge is 0.506 e. The summed E-state index contributed by atoms with van der Waals surface area (Å²) in [6.45, 7) is 0. The van der Waals surface area contributed by atoms with Gasteiger partial charge < -0.3 is 10.8 Å². The molecule has 0 aliphatic carbocycles. The molecule has 0 fully saturated rings. The Kier molecular flexibility index (Phi) is 4.12. The Morgan fingerprint density at radius 2 is 1.90 bits per heavy atom. The van der Waals surface area contributed by atoms with Crippen molar-refractivity contribution < 1.29 is 13.5 Å². The smallest absolute Gasteiger partial charge is 0.261 e. The monoisotopic (exact) mass is 376 g/mol. The lowest BCUT2D eigenvalue weighted by molar-refractivity contribution is 0.477. The van der Waals surface area contributed by atoms with Crippen LogP contribution >= 0.6 is 27.5 Å². The molecule has 2 rings (SSSR count). The Balaban J connectivity index is 2.35. The van der Waals surface area contributed by atoms with Gasteiger partial charge in [-0.3, -0.25) is 4.72 Å². The summed E-state index contributed by atoms with van der Waals surface area (Å²) in [6, 6.07) is 8.32. The first-order chi connectivity index (χ1) is 9.29. The normalized spacial score (nSPS) is 11.3. The lowest BCUT2D eigenvalue weighted by atomic mass is 10.3. The molecule has 0 radical (unpaired) electrons. The number of aromatic hydroxyl groups is 1. The van der Waals surface area contributed by atoms with E-state index >= 15 is 0 Å². The number of nitrogens with one attached hydrogen (secondary N) is 1. The van der Waals surface area contributed by atoms with Crippen LogP contribution in [0.2, 0.25) is 5.02 Å². The molecule has 4 N–H and O–H groups in total. The molecular formula is C12H10BrClN2O3S. The van der Waals surface area contributed by atoms with Gasteiger partial charge in [-0.05, 0) is 52.3 Å². The third-order valence-electron chi connectivity index (χ3n) is 2.48. The van der Waals surface area contributed by atoms with E-state index in [2.05, 4.69) is 20.7 Å². The fourth-order valence-electron chi connectivity index (χ4n) is 1.47. The van der Waals surface area contributed by atoms with Gasteiger partial charge in [0.1, 0.15) is 5.75 Å². The van der Waals surface area contributed by atoms with Gasteiger partial charge in [-0.2, -0.15) is 0 Å². The number of nitrogens with two attached hydrogens (primary N) is 1. The highest BCUT2D eigenvalue weighted by molar-refractivity contribution is 9.10. The predicted molar refractivity (Wildman–Crippen MR) is 82.5 cm³/mol. The third-order valence-corrected chi connectivity index (χ3v) is 5.07. The Morgan fingerprint density at radius 3 is 2.50 bits per heavy atom. The van der Waals surface area contributed by atoms with Crippen LogP contribution < -0.4 is 10.5 Å². The van der Waals surface area contributed by atoms with Crippen molar-refractivity contribution in [2.24, 2.45) is 0 Å². The van der Waals surface area contributed by atoms with Gasteiger partial charge in [-0.1, -0.05) is 11.6 Å². The minimum absolute atomic E-state index is 0.00911. The number of phenolic OH excluding ortho intramolecular Hbond substituents is 1. The Hall–Kier alpha value is -1.44. The molecule has 0 unspecified atom stereocenters. The van der Waals surface area contributed by atoms with E-state index in [4.69, 9.17) is 17.3 Å². The maximum atomic E-state index is 12.2. The highest BCUT2D eigenvalue weighted by atomic mass is 79.9. The van der Waals surface area contributed by atoms with E-state index in [1.807, 2.05) is 0 Å². The molecule has 0 atom stereocenters. The number of hydrogen-bond donors (Lipinski definition) is 3. The van der Waals surface area contributed by atoms with Gasteiger partial charge in [0.2, 0.25) is 0 Å². The summed E-state index contributed by atoms with van der Waals surface area (Å²) in [5.74, 6) is -0.168. The second-order valence-electron chi connectivity index (χ2n) is 3.96. The number of anilines is 2. The van der Waals surface area contributed by atoms with Crippen molar-refractivity contribution in [3.8, 4) is 5.75 Å².